The molecule has 0 aliphatic carbocycles. The van der Waals surface area contributed by atoms with Gasteiger partial charge in [-0.2, -0.15) is 0 Å². The van der Waals surface area contributed by atoms with E-state index in [0.717, 1.165) is 37.3 Å². The molecule has 0 bridgehead atoms. The number of carbonyl (C=O) groups excluding carboxylic acids is 1. The Bertz CT molecular complexity index is 602. The molecule has 0 radical (unpaired) electrons. The van der Waals surface area contributed by atoms with E-state index >= 15 is 0 Å². The number of aromatic nitrogens is 3. The van der Waals surface area contributed by atoms with Crippen LogP contribution in [-0.2, 0) is 0 Å². The standard InChI is InChI=1S/C14H17N5O/c15-14(20)12-8-11(19-9-16-17-10-19)4-5-13(12)18-6-2-1-3-7-18/h4-5,8-10H,1-3,6-7H2,(H2,15,20). The number of hydrogen-bond donors (Lipinski definition) is 1. The molecule has 1 amide bonds. The summed E-state index contributed by atoms with van der Waals surface area (Å²) in [4.78, 5) is 14.0. The van der Waals surface area contributed by atoms with Crippen LogP contribution in [0.3, 0.4) is 0 Å². The Kier molecular flexibility index (Phi) is 3.37. The lowest BCUT2D eigenvalue weighted by Crippen LogP contribution is -2.31. The average Bonchev–Trinajstić information content (AvgIpc) is 3.02. The molecule has 2 heterocycles. The summed E-state index contributed by atoms with van der Waals surface area (Å²) in [6.45, 7) is 1.96. The van der Waals surface area contributed by atoms with E-state index < -0.39 is 5.91 Å². The van der Waals surface area contributed by atoms with Gasteiger partial charge in [0.1, 0.15) is 12.7 Å². The van der Waals surface area contributed by atoms with E-state index in [-0.39, 0.29) is 0 Å². The van der Waals surface area contributed by atoms with E-state index in [4.69, 9.17) is 5.73 Å². The zero-order chi connectivity index (χ0) is 13.9. The summed E-state index contributed by atoms with van der Waals surface area (Å²) in [5, 5.41) is 7.54. The first-order valence-electron chi connectivity index (χ1n) is 6.79. The number of rotatable bonds is 3. The molecule has 3 rings (SSSR count). The van der Waals surface area contributed by atoms with Crippen LogP contribution in [0.4, 0.5) is 5.69 Å². The molecule has 0 saturated carbocycles. The van der Waals surface area contributed by atoms with Crippen molar-refractivity contribution in [2.45, 2.75) is 19.3 Å². The van der Waals surface area contributed by atoms with Gasteiger partial charge in [0.05, 0.1) is 5.56 Å². The molecule has 1 saturated heterocycles. The first-order valence-corrected chi connectivity index (χ1v) is 6.79. The lowest BCUT2D eigenvalue weighted by Gasteiger charge is -2.30. The minimum Gasteiger partial charge on any atom is -0.371 e. The Labute approximate surface area is 117 Å². The van der Waals surface area contributed by atoms with Crippen molar-refractivity contribution in [3.8, 4) is 5.69 Å². The predicted molar refractivity (Wildman–Crippen MR) is 75.9 cm³/mol. The van der Waals surface area contributed by atoms with Crippen molar-refractivity contribution >= 4 is 11.6 Å². The summed E-state index contributed by atoms with van der Waals surface area (Å²) in [5.74, 6) is -0.402. The van der Waals surface area contributed by atoms with Gasteiger partial charge in [0.15, 0.2) is 0 Å². The van der Waals surface area contributed by atoms with Crippen LogP contribution in [0.1, 0.15) is 29.6 Å². The number of hydrogen-bond acceptors (Lipinski definition) is 4. The molecular formula is C14H17N5O. The Hall–Kier alpha value is -2.37. The Balaban J connectivity index is 2.00. The van der Waals surface area contributed by atoms with Crippen LogP contribution in [0, 0.1) is 0 Å². The maximum Gasteiger partial charge on any atom is 0.250 e. The second-order valence-electron chi connectivity index (χ2n) is 4.98. The zero-order valence-corrected chi connectivity index (χ0v) is 11.2. The second kappa shape index (κ2) is 5.32. The van der Waals surface area contributed by atoms with Gasteiger partial charge in [0.25, 0.3) is 5.91 Å². The Morgan fingerprint density at radius 2 is 1.80 bits per heavy atom. The molecule has 6 nitrogen and oxygen atoms in total. The maximum atomic E-state index is 11.7. The second-order valence-corrected chi connectivity index (χ2v) is 4.98. The summed E-state index contributed by atoms with van der Waals surface area (Å²) < 4.78 is 1.76. The summed E-state index contributed by atoms with van der Waals surface area (Å²) in [6, 6.07) is 5.72. The van der Waals surface area contributed by atoms with Gasteiger partial charge in [-0.3, -0.25) is 9.36 Å². The van der Waals surface area contributed by atoms with Crippen LogP contribution in [-0.4, -0.2) is 33.8 Å². The number of primary amides is 1. The minimum atomic E-state index is -0.402. The van der Waals surface area contributed by atoms with Gasteiger partial charge in [0.2, 0.25) is 0 Å². The number of nitrogens with zero attached hydrogens (tertiary/aromatic N) is 4. The first kappa shape index (κ1) is 12.7. The van der Waals surface area contributed by atoms with Gasteiger partial charge < -0.3 is 10.6 Å². The highest BCUT2D eigenvalue weighted by atomic mass is 16.1. The van der Waals surface area contributed by atoms with E-state index in [1.165, 1.54) is 6.42 Å². The highest BCUT2D eigenvalue weighted by molar-refractivity contribution is 5.99. The Morgan fingerprint density at radius 3 is 2.45 bits per heavy atom. The molecule has 1 aliphatic heterocycles. The molecule has 1 fully saturated rings. The lowest BCUT2D eigenvalue weighted by molar-refractivity contribution is 0.100. The molecule has 6 heteroatoms. The number of carbonyl (C=O) groups is 1. The fourth-order valence-electron chi connectivity index (χ4n) is 2.63. The zero-order valence-electron chi connectivity index (χ0n) is 11.2. The lowest BCUT2D eigenvalue weighted by atomic mass is 10.1. The Morgan fingerprint density at radius 1 is 1.10 bits per heavy atom. The van der Waals surface area contributed by atoms with Crippen LogP contribution in [0.15, 0.2) is 30.9 Å². The quantitative estimate of drug-likeness (QED) is 0.914. The van der Waals surface area contributed by atoms with Crippen molar-refractivity contribution in [1.82, 2.24) is 14.8 Å². The van der Waals surface area contributed by atoms with Gasteiger partial charge in [-0.25, -0.2) is 0 Å². The normalized spacial score (nSPS) is 15.3. The maximum absolute atomic E-state index is 11.7. The molecular weight excluding hydrogens is 254 g/mol. The first-order chi connectivity index (χ1) is 9.75. The summed E-state index contributed by atoms with van der Waals surface area (Å²) in [6.07, 6.45) is 6.76. The van der Waals surface area contributed by atoms with E-state index in [0.29, 0.717) is 5.56 Å². The van der Waals surface area contributed by atoms with Crippen molar-refractivity contribution in [2.75, 3.05) is 18.0 Å². The largest absolute Gasteiger partial charge is 0.371 e. The molecule has 0 unspecified atom stereocenters. The SMILES string of the molecule is NC(=O)c1cc(-n2cnnc2)ccc1N1CCCCC1. The molecule has 1 aromatic heterocycles. The third-order valence-corrected chi connectivity index (χ3v) is 3.66. The minimum absolute atomic E-state index is 0.402. The van der Waals surface area contributed by atoms with Gasteiger partial charge in [0, 0.05) is 24.5 Å². The summed E-state index contributed by atoms with van der Waals surface area (Å²) >= 11 is 0. The van der Waals surface area contributed by atoms with Gasteiger partial charge in [-0.1, -0.05) is 0 Å². The third kappa shape index (κ3) is 2.36. The molecule has 104 valence electrons. The molecule has 0 atom stereocenters. The smallest absolute Gasteiger partial charge is 0.250 e. The van der Waals surface area contributed by atoms with Crippen molar-refractivity contribution in [3.63, 3.8) is 0 Å². The topological polar surface area (TPSA) is 77.0 Å². The molecule has 1 aliphatic rings. The third-order valence-electron chi connectivity index (χ3n) is 3.66. The fourth-order valence-corrected chi connectivity index (χ4v) is 2.63. The van der Waals surface area contributed by atoms with Crippen LogP contribution >= 0.6 is 0 Å². The molecule has 2 aromatic rings. The van der Waals surface area contributed by atoms with E-state index in [1.807, 2.05) is 12.1 Å². The van der Waals surface area contributed by atoms with E-state index in [1.54, 1.807) is 23.3 Å². The van der Waals surface area contributed by atoms with Crippen molar-refractivity contribution in [1.29, 1.82) is 0 Å². The number of amides is 1. The number of anilines is 1. The summed E-state index contributed by atoms with van der Waals surface area (Å²) in [7, 11) is 0. The van der Waals surface area contributed by atoms with Gasteiger partial charge >= 0.3 is 0 Å². The highest BCUT2D eigenvalue weighted by Crippen LogP contribution is 2.26. The monoisotopic (exact) mass is 271 g/mol. The van der Waals surface area contributed by atoms with Crippen LogP contribution in [0.5, 0.6) is 0 Å². The molecule has 0 spiro atoms. The summed E-state index contributed by atoms with van der Waals surface area (Å²) in [5.41, 5.74) is 7.85. The molecule has 2 N–H and O–H groups in total. The fraction of sp³-hybridized carbons (Fsp3) is 0.357. The van der Waals surface area contributed by atoms with Gasteiger partial charge in [-0.15, -0.1) is 10.2 Å². The molecule has 1 aromatic carbocycles. The van der Waals surface area contributed by atoms with Crippen molar-refractivity contribution in [3.05, 3.63) is 36.4 Å². The van der Waals surface area contributed by atoms with Crippen LogP contribution < -0.4 is 10.6 Å². The highest BCUT2D eigenvalue weighted by Gasteiger charge is 2.17. The van der Waals surface area contributed by atoms with E-state index in [9.17, 15) is 4.79 Å². The van der Waals surface area contributed by atoms with E-state index in [2.05, 4.69) is 15.1 Å². The number of nitrogens with two attached hydrogens (primary N) is 1. The van der Waals surface area contributed by atoms with Crippen molar-refractivity contribution in [2.24, 2.45) is 5.73 Å². The average molecular weight is 271 g/mol. The van der Waals surface area contributed by atoms with Gasteiger partial charge in [-0.05, 0) is 37.5 Å². The van der Waals surface area contributed by atoms with Crippen molar-refractivity contribution < 1.29 is 4.79 Å². The number of benzene rings is 1. The molecule has 20 heavy (non-hydrogen) atoms. The predicted octanol–water partition coefficient (Wildman–Crippen LogP) is 1.36. The van der Waals surface area contributed by atoms with Crippen LogP contribution in [0.25, 0.3) is 5.69 Å². The number of piperidine rings is 1. The van der Waals surface area contributed by atoms with Crippen LogP contribution in [0.2, 0.25) is 0 Å².